The van der Waals surface area contributed by atoms with Crippen LogP contribution in [0.3, 0.4) is 0 Å². The number of aromatic nitrogens is 1. The molecular weight excluding hydrogens is 268 g/mol. The molecule has 2 nitrogen and oxygen atoms in total. The van der Waals surface area contributed by atoms with E-state index in [0.29, 0.717) is 6.04 Å². The molecule has 22 heavy (non-hydrogen) atoms. The quantitative estimate of drug-likeness (QED) is 0.724. The first kappa shape index (κ1) is 17.5. The Morgan fingerprint density at radius 2 is 1.32 bits per heavy atom. The van der Waals surface area contributed by atoms with Gasteiger partial charge in [-0.3, -0.25) is 9.88 Å². The van der Waals surface area contributed by atoms with Gasteiger partial charge in [0.15, 0.2) is 0 Å². The molecule has 2 rings (SSSR count). The molecule has 1 aliphatic rings. The molecular formula is C20H34N2. The summed E-state index contributed by atoms with van der Waals surface area (Å²) >= 11 is 0. The van der Waals surface area contributed by atoms with E-state index in [2.05, 4.69) is 81.1 Å². The molecule has 0 aliphatic carbocycles. The summed E-state index contributed by atoms with van der Waals surface area (Å²) in [7, 11) is 0. The van der Waals surface area contributed by atoms with E-state index in [-0.39, 0.29) is 16.5 Å². The molecule has 0 amide bonds. The molecule has 0 radical (unpaired) electrons. The predicted octanol–water partition coefficient (Wildman–Crippen LogP) is 5.02. The fourth-order valence-corrected chi connectivity index (χ4v) is 5.19. The van der Waals surface area contributed by atoms with E-state index in [1.807, 2.05) is 0 Å². The lowest BCUT2D eigenvalue weighted by molar-refractivity contribution is -0.0701. The molecule has 0 spiro atoms. The third kappa shape index (κ3) is 1.99. The Balaban J connectivity index is 2.98. The smallest absolute Gasteiger partial charge is 0.0419 e. The molecule has 2 heterocycles. The van der Waals surface area contributed by atoms with Gasteiger partial charge in [-0.15, -0.1) is 0 Å². The largest absolute Gasteiger partial charge is 0.286 e. The first-order valence-electron chi connectivity index (χ1n) is 8.56. The van der Waals surface area contributed by atoms with Crippen molar-refractivity contribution < 1.29 is 0 Å². The minimum Gasteiger partial charge on any atom is -0.286 e. The first-order valence-corrected chi connectivity index (χ1v) is 8.56. The fourth-order valence-electron chi connectivity index (χ4n) is 5.19. The zero-order valence-electron chi connectivity index (χ0n) is 16.5. The molecule has 1 aromatic rings. The Morgan fingerprint density at radius 1 is 0.818 bits per heavy atom. The molecule has 1 aliphatic heterocycles. The zero-order valence-corrected chi connectivity index (χ0v) is 16.5. The molecule has 2 heteroatoms. The molecule has 1 aromatic heterocycles. The van der Waals surface area contributed by atoms with Crippen LogP contribution in [0.5, 0.6) is 0 Å². The van der Waals surface area contributed by atoms with Gasteiger partial charge in [0, 0.05) is 33.9 Å². The molecule has 0 saturated carbocycles. The molecule has 0 unspecified atom stereocenters. The third-order valence-corrected chi connectivity index (χ3v) is 6.35. The van der Waals surface area contributed by atoms with Gasteiger partial charge in [-0.25, -0.2) is 0 Å². The molecule has 0 fully saturated rings. The van der Waals surface area contributed by atoms with E-state index in [1.165, 1.54) is 28.1 Å². The second kappa shape index (κ2) is 4.80. The van der Waals surface area contributed by atoms with Crippen molar-refractivity contribution in [3.63, 3.8) is 0 Å². The highest BCUT2D eigenvalue weighted by Crippen LogP contribution is 2.54. The summed E-state index contributed by atoms with van der Waals surface area (Å²) in [5.74, 6) is 0. The van der Waals surface area contributed by atoms with Gasteiger partial charge in [-0.05, 0) is 79.0 Å². The van der Waals surface area contributed by atoms with E-state index in [9.17, 15) is 0 Å². The number of fused-ring (bicyclic) bond motifs is 1. The van der Waals surface area contributed by atoms with Crippen LogP contribution in [0.1, 0.15) is 83.5 Å². The van der Waals surface area contributed by atoms with Gasteiger partial charge in [-0.1, -0.05) is 13.8 Å². The lowest BCUT2D eigenvalue weighted by Gasteiger charge is -2.63. The lowest BCUT2D eigenvalue weighted by Crippen LogP contribution is -2.68. The Kier molecular flexibility index (Phi) is 3.81. The van der Waals surface area contributed by atoms with E-state index in [0.717, 1.165) is 0 Å². The van der Waals surface area contributed by atoms with Gasteiger partial charge >= 0.3 is 0 Å². The van der Waals surface area contributed by atoms with Crippen LogP contribution >= 0.6 is 0 Å². The van der Waals surface area contributed by atoms with Crippen molar-refractivity contribution in [1.29, 1.82) is 0 Å². The number of pyridine rings is 1. The van der Waals surface area contributed by atoms with E-state index in [1.54, 1.807) is 0 Å². The molecule has 0 aromatic carbocycles. The van der Waals surface area contributed by atoms with Crippen molar-refractivity contribution in [3.05, 3.63) is 28.1 Å². The number of rotatable bonds is 1. The monoisotopic (exact) mass is 302 g/mol. The second-order valence-electron chi connectivity index (χ2n) is 8.86. The number of hydrogen-bond donors (Lipinski definition) is 0. The van der Waals surface area contributed by atoms with Gasteiger partial charge in [-0.2, -0.15) is 0 Å². The summed E-state index contributed by atoms with van der Waals surface area (Å²) < 4.78 is 0. The summed E-state index contributed by atoms with van der Waals surface area (Å²) in [5.41, 5.74) is 6.81. The van der Waals surface area contributed by atoms with Crippen LogP contribution in [0.15, 0.2) is 0 Å². The van der Waals surface area contributed by atoms with Crippen LogP contribution in [0.4, 0.5) is 0 Å². The lowest BCUT2D eigenvalue weighted by atomic mass is 9.59. The maximum Gasteiger partial charge on any atom is 0.0419 e. The standard InChI is InChI=1S/C20H34N2/c1-12(2)22-19(8,9)16-13(3)14(4)21-15(5)17(16)18(6,7)20(22,10)11/h12H,1-11H3. The topological polar surface area (TPSA) is 16.1 Å². The molecule has 124 valence electrons. The third-order valence-electron chi connectivity index (χ3n) is 6.35. The van der Waals surface area contributed by atoms with Gasteiger partial charge in [0.2, 0.25) is 0 Å². The van der Waals surface area contributed by atoms with Crippen molar-refractivity contribution >= 4 is 0 Å². The normalized spacial score (nSPS) is 22.7. The van der Waals surface area contributed by atoms with Gasteiger partial charge in [0.1, 0.15) is 0 Å². The Morgan fingerprint density at radius 3 is 1.77 bits per heavy atom. The highest BCUT2D eigenvalue weighted by atomic mass is 15.3. The molecule has 0 saturated heterocycles. The summed E-state index contributed by atoms with van der Waals surface area (Å²) in [6, 6.07) is 0.491. The van der Waals surface area contributed by atoms with E-state index in [4.69, 9.17) is 4.98 Å². The van der Waals surface area contributed by atoms with E-state index < -0.39 is 0 Å². The Hall–Kier alpha value is -0.890. The Bertz CT molecular complexity index is 607. The van der Waals surface area contributed by atoms with Crippen LogP contribution < -0.4 is 0 Å². The van der Waals surface area contributed by atoms with Crippen molar-refractivity contribution in [3.8, 4) is 0 Å². The second-order valence-corrected chi connectivity index (χ2v) is 8.86. The predicted molar refractivity (Wildman–Crippen MR) is 95.6 cm³/mol. The summed E-state index contributed by atoms with van der Waals surface area (Å²) in [5, 5.41) is 0. The minimum absolute atomic E-state index is 0.00502. The molecule has 0 bridgehead atoms. The van der Waals surface area contributed by atoms with Crippen LogP contribution in [-0.2, 0) is 11.0 Å². The van der Waals surface area contributed by atoms with Crippen molar-refractivity contribution in [2.45, 2.75) is 98.7 Å². The zero-order chi connectivity index (χ0) is 17.2. The molecule has 0 N–H and O–H groups in total. The summed E-state index contributed by atoms with van der Waals surface area (Å²) in [4.78, 5) is 7.57. The Labute approximate surface area is 137 Å². The maximum absolute atomic E-state index is 4.86. The van der Waals surface area contributed by atoms with E-state index >= 15 is 0 Å². The van der Waals surface area contributed by atoms with Crippen molar-refractivity contribution in [1.82, 2.24) is 9.88 Å². The van der Waals surface area contributed by atoms with Gasteiger partial charge in [0.05, 0.1) is 0 Å². The van der Waals surface area contributed by atoms with Crippen LogP contribution in [0, 0.1) is 20.8 Å². The average Bonchev–Trinajstić information content (AvgIpc) is 2.29. The fraction of sp³-hybridized carbons (Fsp3) is 0.750. The minimum atomic E-state index is 0.00502. The first-order chi connectivity index (χ1) is 9.77. The highest BCUT2D eigenvalue weighted by molar-refractivity contribution is 5.51. The van der Waals surface area contributed by atoms with Crippen LogP contribution in [0.25, 0.3) is 0 Å². The van der Waals surface area contributed by atoms with Crippen LogP contribution in [0.2, 0.25) is 0 Å². The number of hydrogen-bond acceptors (Lipinski definition) is 2. The van der Waals surface area contributed by atoms with Crippen LogP contribution in [-0.4, -0.2) is 21.5 Å². The number of aryl methyl sites for hydroxylation is 2. The average molecular weight is 303 g/mol. The number of nitrogens with zero attached hydrogens (tertiary/aromatic N) is 2. The highest BCUT2D eigenvalue weighted by Gasteiger charge is 2.56. The van der Waals surface area contributed by atoms with Crippen molar-refractivity contribution in [2.75, 3.05) is 0 Å². The maximum atomic E-state index is 4.86. The van der Waals surface area contributed by atoms with Crippen molar-refractivity contribution in [2.24, 2.45) is 0 Å². The van der Waals surface area contributed by atoms with Gasteiger partial charge < -0.3 is 0 Å². The summed E-state index contributed by atoms with van der Waals surface area (Å²) in [6.07, 6.45) is 0. The summed E-state index contributed by atoms with van der Waals surface area (Å²) in [6.45, 7) is 25.5. The molecule has 0 atom stereocenters. The van der Waals surface area contributed by atoms with Gasteiger partial charge in [0.25, 0.3) is 0 Å². The SMILES string of the molecule is Cc1nc(C)c2c(c1C)C(C)(C)N(C(C)C)C(C)(C)C2(C)C.